The Morgan fingerprint density at radius 2 is 1.74 bits per heavy atom. The molecular weight excluding hydrogens is 404 g/mol. The molecule has 2 aromatic rings. The van der Waals surface area contributed by atoms with E-state index in [0.717, 1.165) is 12.8 Å². The number of carbonyl (C=O) groups is 3. The summed E-state index contributed by atoms with van der Waals surface area (Å²) in [5.41, 5.74) is 5.02. The second-order valence-electron chi connectivity index (χ2n) is 6.66. The maximum Gasteiger partial charge on any atom is 0.310 e. The van der Waals surface area contributed by atoms with Gasteiger partial charge in [-0.25, -0.2) is 0 Å². The smallest absolute Gasteiger partial charge is 0.310 e. The average molecular weight is 428 g/mol. The third-order valence-electron chi connectivity index (χ3n) is 4.22. The number of hydrogen-bond acceptors (Lipinski definition) is 6. The van der Waals surface area contributed by atoms with Gasteiger partial charge in [0.15, 0.2) is 11.9 Å². The van der Waals surface area contributed by atoms with Crippen LogP contribution in [0.4, 0.5) is 11.4 Å². The van der Waals surface area contributed by atoms with Gasteiger partial charge in [0, 0.05) is 23.7 Å². The van der Waals surface area contributed by atoms with Gasteiger partial charge in [-0.2, -0.15) is 0 Å². The predicted molar refractivity (Wildman–Crippen MR) is 113 cm³/mol. The minimum Gasteiger partial charge on any atom is -0.474 e. The molecule has 0 fully saturated rings. The van der Waals surface area contributed by atoms with Crippen molar-refractivity contribution in [1.29, 1.82) is 0 Å². The number of hydrogen-bond donors (Lipinski definition) is 3. The lowest BCUT2D eigenvalue weighted by Crippen LogP contribution is -2.47. The van der Waals surface area contributed by atoms with Gasteiger partial charge in [-0.1, -0.05) is 25.5 Å². The fourth-order valence-electron chi connectivity index (χ4n) is 2.51. The van der Waals surface area contributed by atoms with Gasteiger partial charge in [-0.05, 0) is 43.7 Å². The number of para-hydroxylation sites is 2. The number of ether oxygens (including phenoxy) is 1. The molecule has 0 radical (unpaired) electrons. The number of nitrogens with zero attached hydrogens (tertiary/aromatic N) is 1. The van der Waals surface area contributed by atoms with Gasteiger partial charge >= 0.3 is 5.69 Å². The average Bonchev–Trinajstić information content (AvgIpc) is 2.76. The van der Waals surface area contributed by atoms with E-state index in [2.05, 4.69) is 16.2 Å². The molecule has 10 heteroatoms. The van der Waals surface area contributed by atoms with Crippen LogP contribution in [0.1, 0.15) is 43.5 Å². The zero-order valence-corrected chi connectivity index (χ0v) is 17.2. The summed E-state index contributed by atoms with van der Waals surface area (Å²) in [4.78, 5) is 46.5. The fourth-order valence-corrected chi connectivity index (χ4v) is 2.51. The molecule has 0 bridgehead atoms. The summed E-state index contributed by atoms with van der Waals surface area (Å²) in [6, 6.07) is 11.8. The van der Waals surface area contributed by atoms with Crippen molar-refractivity contribution < 1.29 is 24.0 Å². The molecule has 0 spiro atoms. The van der Waals surface area contributed by atoms with Crippen LogP contribution in [0.3, 0.4) is 0 Å². The summed E-state index contributed by atoms with van der Waals surface area (Å²) in [6.07, 6.45) is 1.05. The Morgan fingerprint density at radius 1 is 1.06 bits per heavy atom. The number of benzene rings is 2. The second kappa shape index (κ2) is 11.3. The molecule has 0 saturated heterocycles. The van der Waals surface area contributed by atoms with Crippen LogP contribution in [-0.4, -0.2) is 28.7 Å². The van der Waals surface area contributed by atoms with Crippen molar-refractivity contribution in [3.8, 4) is 5.75 Å². The highest BCUT2D eigenvalue weighted by Crippen LogP contribution is 2.26. The van der Waals surface area contributed by atoms with E-state index in [-0.39, 0.29) is 22.9 Å². The van der Waals surface area contributed by atoms with Gasteiger partial charge in [0.2, 0.25) is 5.91 Å². The van der Waals surface area contributed by atoms with Crippen molar-refractivity contribution in [3.63, 3.8) is 0 Å². The molecule has 2 rings (SSSR count). The van der Waals surface area contributed by atoms with Crippen LogP contribution in [0.5, 0.6) is 5.75 Å². The highest BCUT2D eigenvalue weighted by Gasteiger charge is 2.21. The Labute approximate surface area is 179 Å². The Kier molecular flexibility index (Phi) is 8.50. The van der Waals surface area contributed by atoms with Crippen LogP contribution in [0.15, 0.2) is 48.5 Å². The summed E-state index contributed by atoms with van der Waals surface area (Å²) < 4.78 is 5.34. The molecule has 2 aromatic carbocycles. The molecule has 0 saturated carbocycles. The Bertz CT molecular complexity index is 945. The predicted octanol–water partition coefficient (Wildman–Crippen LogP) is 2.95. The van der Waals surface area contributed by atoms with Crippen molar-refractivity contribution >= 4 is 29.1 Å². The number of nitrogens with one attached hydrogen (secondary N) is 3. The van der Waals surface area contributed by atoms with Gasteiger partial charge in [-0.15, -0.1) is 0 Å². The molecule has 3 amide bonds. The van der Waals surface area contributed by atoms with E-state index >= 15 is 0 Å². The third kappa shape index (κ3) is 7.11. The molecule has 0 aliphatic rings. The summed E-state index contributed by atoms with van der Waals surface area (Å²) in [5, 5.41) is 13.8. The monoisotopic (exact) mass is 428 g/mol. The number of nitro benzene ring substituents is 1. The minimum absolute atomic E-state index is 0.0574. The molecule has 0 aromatic heterocycles. The van der Waals surface area contributed by atoms with E-state index < -0.39 is 22.8 Å². The lowest BCUT2D eigenvalue weighted by molar-refractivity contribution is -0.386. The molecule has 0 heterocycles. The number of rotatable bonds is 9. The quantitative estimate of drug-likeness (QED) is 0.414. The Morgan fingerprint density at radius 3 is 2.39 bits per heavy atom. The first-order valence-corrected chi connectivity index (χ1v) is 9.72. The fraction of sp³-hybridized carbons (Fsp3) is 0.286. The number of hydrazine groups is 1. The lowest BCUT2D eigenvalue weighted by Gasteiger charge is -2.15. The SMILES string of the molecule is CCCCC(=O)Nc1ccc(C(=O)NNC(=O)C(C)Oc2ccccc2[N+](=O)[O-])cc1. The first kappa shape index (κ1) is 23.3. The van der Waals surface area contributed by atoms with Crippen molar-refractivity contribution in [2.75, 3.05) is 5.32 Å². The number of anilines is 1. The lowest BCUT2D eigenvalue weighted by atomic mass is 10.2. The van der Waals surface area contributed by atoms with E-state index in [0.29, 0.717) is 12.1 Å². The summed E-state index contributed by atoms with van der Waals surface area (Å²) in [6.45, 7) is 3.39. The standard InChI is InChI=1S/C21H24N4O6/c1-3-4-9-19(26)22-16-12-10-15(11-13-16)21(28)24-23-20(27)14(2)31-18-8-6-5-7-17(18)25(29)30/h5-8,10-14H,3-4,9H2,1-2H3,(H,22,26)(H,23,27)(H,24,28). The van der Waals surface area contributed by atoms with Gasteiger partial charge < -0.3 is 10.1 Å². The summed E-state index contributed by atoms with van der Waals surface area (Å²) >= 11 is 0. The van der Waals surface area contributed by atoms with Crippen LogP contribution in [-0.2, 0) is 9.59 Å². The first-order valence-electron chi connectivity index (χ1n) is 9.72. The maximum atomic E-state index is 12.2. The van der Waals surface area contributed by atoms with E-state index in [1.807, 2.05) is 6.92 Å². The summed E-state index contributed by atoms with van der Waals surface area (Å²) in [5.74, 6) is -1.42. The number of nitro groups is 1. The molecule has 164 valence electrons. The maximum absolute atomic E-state index is 12.2. The second-order valence-corrected chi connectivity index (χ2v) is 6.66. The van der Waals surface area contributed by atoms with Crippen LogP contribution < -0.4 is 20.9 Å². The zero-order valence-electron chi connectivity index (χ0n) is 17.2. The molecular formula is C21H24N4O6. The minimum atomic E-state index is -1.10. The molecule has 3 N–H and O–H groups in total. The van der Waals surface area contributed by atoms with Gasteiger partial charge in [-0.3, -0.25) is 35.3 Å². The van der Waals surface area contributed by atoms with Crippen molar-refractivity contribution in [3.05, 3.63) is 64.2 Å². The van der Waals surface area contributed by atoms with Crippen molar-refractivity contribution in [2.45, 2.75) is 39.2 Å². The largest absolute Gasteiger partial charge is 0.474 e. The van der Waals surface area contributed by atoms with E-state index in [1.54, 1.807) is 18.2 Å². The highest BCUT2D eigenvalue weighted by atomic mass is 16.6. The Balaban J connectivity index is 1.87. The van der Waals surface area contributed by atoms with Crippen LogP contribution in [0, 0.1) is 10.1 Å². The number of carbonyl (C=O) groups excluding carboxylic acids is 3. The number of unbranched alkanes of at least 4 members (excludes halogenated alkanes) is 1. The first-order chi connectivity index (χ1) is 14.8. The van der Waals surface area contributed by atoms with Gasteiger partial charge in [0.1, 0.15) is 0 Å². The Hall–Kier alpha value is -3.95. The van der Waals surface area contributed by atoms with E-state index in [4.69, 9.17) is 4.74 Å². The third-order valence-corrected chi connectivity index (χ3v) is 4.22. The normalized spacial score (nSPS) is 11.2. The molecule has 1 unspecified atom stereocenters. The van der Waals surface area contributed by atoms with Crippen LogP contribution in [0.2, 0.25) is 0 Å². The van der Waals surface area contributed by atoms with Crippen LogP contribution >= 0.6 is 0 Å². The van der Waals surface area contributed by atoms with Crippen molar-refractivity contribution in [2.24, 2.45) is 0 Å². The summed E-state index contributed by atoms with van der Waals surface area (Å²) in [7, 11) is 0. The highest BCUT2D eigenvalue weighted by molar-refractivity contribution is 5.97. The molecule has 1 atom stereocenters. The van der Waals surface area contributed by atoms with E-state index in [1.165, 1.54) is 37.3 Å². The molecule has 10 nitrogen and oxygen atoms in total. The van der Waals surface area contributed by atoms with Gasteiger partial charge in [0.05, 0.1) is 4.92 Å². The van der Waals surface area contributed by atoms with Crippen LogP contribution in [0.25, 0.3) is 0 Å². The molecule has 0 aliphatic carbocycles. The van der Waals surface area contributed by atoms with E-state index in [9.17, 15) is 24.5 Å². The zero-order chi connectivity index (χ0) is 22.8. The topological polar surface area (TPSA) is 140 Å². The molecule has 31 heavy (non-hydrogen) atoms. The number of amides is 3. The van der Waals surface area contributed by atoms with Gasteiger partial charge in [0.25, 0.3) is 11.8 Å². The molecule has 0 aliphatic heterocycles. The van der Waals surface area contributed by atoms with Crippen molar-refractivity contribution in [1.82, 2.24) is 10.9 Å².